The molecule has 0 aromatic heterocycles. The summed E-state index contributed by atoms with van der Waals surface area (Å²) in [5, 5.41) is 10.6. The second-order valence-electron chi connectivity index (χ2n) is 13.0. The number of carboxylic acid groups (broad SMARTS) is 1. The van der Waals surface area contributed by atoms with Crippen LogP contribution in [0, 0.1) is 0 Å². The molecule has 0 spiro atoms. The van der Waals surface area contributed by atoms with E-state index in [-0.39, 0.29) is 0 Å². The highest BCUT2D eigenvalue weighted by atomic mass is 32.2. The summed E-state index contributed by atoms with van der Waals surface area (Å²) in [6, 6.07) is 23.1. The second-order valence-corrected chi connectivity index (χ2v) is 14.2. The van der Waals surface area contributed by atoms with E-state index in [0.717, 1.165) is 30.4 Å². The van der Waals surface area contributed by atoms with Crippen molar-refractivity contribution in [3.63, 3.8) is 0 Å². The minimum atomic E-state index is -1.66. The highest BCUT2D eigenvalue weighted by Crippen LogP contribution is 2.43. The van der Waals surface area contributed by atoms with E-state index < -0.39 is 28.7 Å². The number of benzene rings is 3. The van der Waals surface area contributed by atoms with Crippen molar-refractivity contribution < 1.29 is 23.6 Å². The fourth-order valence-corrected chi connectivity index (χ4v) is 6.66. The first-order chi connectivity index (χ1) is 22.4. The van der Waals surface area contributed by atoms with E-state index in [1.807, 2.05) is 65.0 Å². The first kappa shape index (κ1) is 35.9. The number of ether oxygens (including phenoxy) is 2. The van der Waals surface area contributed by atoms with Crippen LogP contribution in [0.15, 0.2) is 107 Å². The summed E-state index contributed by atoms with van der Waals surface area (Å²) < 4.78 is 28.9. The van der Waals surface area contributed by atoms with Crippen molar-refractivity contribution in [1.29, 1.82) is 0 Å². The minimum absolute atomic E-state index is 0.471. The van der Waals surface area contributed by atoms with Gasteiger partial charge >= 0.3 is 5.97 Å². The molecule has 0 radical (unpaired) electrons. The number of aryl methyl sites for hydroxylation is 1. The zero-order chi connectivity index (χ0) is 34.1. The molecule has 0 amide bonds. The maximum absolute atomic E-state index is 13.6. The van der Waals surface area contributed by atoms with Crippen LogP contribution in [0.4, 0.5) is 0 Å². The SMILES string of the molecule is C=C/C(NS(=O)c1ccc(Oc2ccccc2)cc1)=C(C)\C(=C(/CC)c1ccc(C2CC2)c(CCCC)c1)C(OC(C)(C)C)C(=O)O. The molecule has 3 aromatic carbocycles. The van der Waals surface area contributed by atoms with Crippen molar-refractivity contribution in [2.24, 2.45) is 0 Å². The van der Waals surface area contributed by atoms with Crippen molar-refractivity contribution >= 4 is 22.5 Å². The van der Waals surface area contributed by atoms with Crippen LogP contribution in [-0.4, -0.2) is 27.0 Å². The molecule has 2 N–H and O–H groups in total. The topological polar surface area (TPSA) is 84.9 Å². The molecule has 1 aliphatic carbocycles. The highest BCUT2D eigenvalue weighted by Gasteiger charge is 2.33. The van der Waals surface area contributed by atoms with Crippen molar-refractivity contribution in [1.82, 2.24) is 4.72 Å². The lowest BCUT2D eigenvalue weighted by Gasteiger charge is -2.30. The van der Waals surface area contributed by atoms with Gasteiger partial charge in [0.05, 0.1) is 10.5 Å². The number of para-hydroxylation sites is 1. The Morgan fingerprint density at radius 2 is 1.70 bits per heavy atom. The van der Waals surface area contributed by atoms with Gasteiger partial charge in [-0.15, -0.1) is 0 Å². The van der Waals surface area contributed by atoms with Gasteiger partial charge in [-0.2, -0.15) is 0 Å². The lowest BCUT2D eigenvalue weighted by atomic mass is 9.86. The summed E-state index contributed by atoms with van der Waals surface area (Å²) in [5.41, 5.74) is 5.52. The van der Waals surface area contributed by atoms with E-state index >= 15 is 0 Å². The maximum atomic E-state index is 13.6. The average Bonchev–Trinajstić information content (AvgIpc) is 3.89. The summed E-state index contributed by atoms with van der Waals surface area (Å²) >= 11 is 0. The van der Waals surface area contributed by atoms with Crippen LogP contribution in [0.25, 0.3) is 5.57 Å². The quantitative estimate of drug-likeness (QED) is 0.150. The normalized spacial score (nSPS) is 15.6. The van der Waals surface area contributed by atoms with Crippen LogP contribution >= 0.6 is 0 Å². The Labute approximate surface area is 283 Å². The second kappa shape index (κ2) is 16.2. The van der Waals surface area contributed by atoms with E-state index in [1.165, 1.54) is 24.0 Å². The Bertz CT molecular complexity index is 1630. The molecule has 4 rings (SSSR count). The molecule has 1 fully saturated rings. The zero-order valence-corrected chi connectivity index (χ0v) is 29.4. The van der Waals surface area contributed by atoms with Crippen LogP contribution < -0.4 is 9.46 Å². The molecule has 0 saturated heterocycles. The molecule has 2 atom stereocenters. The van der Waals surface area contributed by atoms with Gasteiger partial charge in [-0.05, 0) is 136 Å². The summed E-state index contributed by atoms with van der Waals surface area (Å²) in [7, 11) is -1.66. The van der Waals surface area contributed by atoms with E-state index in [0.29, 0.717) is 45.6 Å². The molecule has 1 saturated carbocycles. The number of allylic oxidation sites excluding steroid dienone is 2. The molecule has 250 valence electrons. The lowest BCUT2D eigenvalue weighted by molar-refractivity contribution is -0.155. The standard InChI is InChI=1S/C40H49NO5S/c1-8-11-15-29-26-30(20-25-35(29)28-18-19-28)34(9-2)37(38(39(42)43)46-40(5,6)7)27(4)36(10-3)41-47(44)33-23-21-32(22-24-33)45-31-16-13-12-14-17-31/h10,12-14,16-17,20-26,28,38,41H,3,8-9,11,15,18-19H2,1-2,4-7H3,(H,42,43)/b36-27+,37-34-. The van der Waals surface area contributed by atoms with Gasteiger partial charge in [0.2, 0.25) is 0 Å². The zero-order valence-electron chi connectivity index (χ0n) is 28.6. The summed E-state index contributed by atoms with van der Waals surface area (Å²) in [6.45, 7) is 15.7. The number of hydrogen-bond donors (Lipinski definition) is 2. The monoisotopic (exact) mass is 655 g/mol. The largest absolute Gasteiger partial charge is 0.479 e. The van der Waals surface area contributed by atoms with Crippen molar-refractivity contribution in [2.75, 3.05) is 0 Å². The van der Waals surface area contributed by atoms with Crippen LogP contribution in [0.1, 0.15) is 96.3 Å². The number of carbonyl (C=O) groups is 1. The predicted molar refractivity (Wildman–Crippen MR) is 192 cm³/mol. The predicted octanol–water partition coefficient (Wildman–Crippen LogP) is 9.90. The van der Waals surface area contributed by atoms with Crippen molar-refractivity contribution in [2.45, 2.75) is 103 Å². The van der Waals surface area contributed by atoms with Gasteiger partial charge in [-0.1, -0.05) is 63.2 Å². The van der Waals surface area contributed by atoms with Crippen LogP contribution in [0.3, 0.4) is 0 Å². The maximum Gasteiger partial charge on any atom is 0.337 e. The molecular formula is C40H49NO5S. The third-order valence-corrected chi connectivity index (χ3v) is 9.28. The smallest absolute Gasteiger partial charge is 0.337 e. The molecule has 6 nitrogen and oxygen atoms in total. The van der Waals surface area contributed by atoms with Gasteiger partial charge in [0.25, 0.3) is 0 Å². The van der Waals surface area contributed by atoms with Gasteiger partial charge in [0.1, 0.15) is 22.5 Å². The van der Waals surface area contributed by atoms with Gasteiger partial charge in [0.15, 0.2) is 6.10 Å². The Hall–Kier alpha value is -3.94. The molecule has 0 aliphatic heterocycles. The highest BCUT2D eigenvalue weighted by molar-refractivity contribution is 7.83. The summed E-state index contributed by atoms with van der Waals surface area (Å²) in [4.78, 5) is 13.5. The molecule has 0 bridgehead atoms. The fraction of sp³-hybridized carbons (Fsp3) is 0.375. The van der Waals surface area contributed by atoms with E-state index in [4.69, 9.17) is 9.47 Å². The van der Waals surface area contributed by atoms with Crippen molar-refractivity contribution in [3.8, 4) is 11.5 Å². The van der Waals surface area contributed by atoms with E-state index in [2.05, 4.69) is 36.4 Å². The van der Waals surface area contributed by atoms with Crippen molar-refractivity contribution in [3.05, 3.63) is 119 Å². The van der Waals surface area contributed by atoms with Gasteiger partial charge in [-0.25, -0.2) is 9.00 Å². The summed E-state index contributed by atoms with van der Waals surface area (Å²) in [6.07, 6.45) is 6.54. The Morgan fingerprint density at radius 3 is 2.26 bits per heavy atom. The van der Waals surface area contributed by atoms with Gasteiger partial charge in [0, 0.05) is 11.3 Å². The number of carboxylic acids is 1. The molecule has 2 unspecified atom stereocenters. The third-order valence-electron chi connectivity index (χ3n) is 8.18. The van der Waals surface area contributed by atoms with E-state index in [9.17, 15) is 14.1 Å². The molecule has 0 heterocycles. The number of unbranched alkanes of at least 4 members (excludes halogenated alkanes) is 1. The minimum Gasteiger partial charge on any atom is -0.479 e. The van der Waals surface area contributed by atoms with Gasteiger partial charge < -0.3 is 19.3 Å². The van der Waals surface area contributed by atoms with E-state index in [1.54, 1.807) is 30.3 Å². The molecule has 7 heteroatoms. The average molecular weight is 656 g/mol. The van der Waals surface area contributed by atoms with Crippen LogP contribution in [-0.2, 0) is 26.9 Å². The number of aliphatic carboxylic acids is 1. The lowest BCUT2D eigenvalue weighted by Crippen LogP contribution is -2.36. The third kappa shape index (κ3) is 9.78. The fourth-order valence-electron chi connectivity index (χ4n) is 5.72. The van der Waals surface area contributed by atoms with Crippen LogP contribution in [0.2, 0.25) is 0 Å². The first-order valence-electron chi connectivity index (χ1n) is 16.6. The number of rotatable bonds is 16. The number of hydrogen-bond acceptors (Lipinski definition) is 4. The first-order valence-corrected chi connectivity index (χ1v) is 17.7. The molecule has 47 heavy (non-hydrogen) atoms. The Balaban J connectivity index is 1.77. The summed E-state index contributed by atoms with van der Waals surface area (Å²) in [5.74, 6) is 0.871. The van der Waals surface area contributed by atoms with Gasteiger partial charge in [-0.3, -0.25) is 0 Å². The number of nitrogens with one attached hydrogen (secondary N) is 1. The van der Waals surface area contributed by atoms with Crippen LogP contribution in [0.5, 0.6) is 11.5 Å². The Morgan fingerprint density at radius 1 is 1.04 bits per heavy atom. The molecule has 1 aliphatic rings. The Kier molecular flexibility index (Phi) is 12.4. The molecular weight excluding hydrogens is 607 g/mol. The molecule has 3 aromatic rings.